The quantitative estimate of drug-likeness (QED) is 0.742. The normalized spacial score (nSPS) is 10.7. The van der Waals surface area contributed by atoms with Crippen LogP contribution in [0.4, 0.5) is 19.3 Å². The van der Waals surface area contributed by atoms with Crippen LogP contribution in [-0.4, -0.2) is 22.6 Å². The molecule has 25 heavy (non-hydrogen) atoms. The number of hydrogen-bond acceptors (Lipinski definition) is 4. The van der Waals surface area contributed by atoms with E-state index in [0.29, 0.717) is 17.6 Å². The zero-order valence-corrected chi connectivity index (χ0v) is 12.9. The number of nitrogens with one attached hydrogen (secondary N) is 2. The smallest absolute Gasteiger partial charge is 0.387 e. The van der Waals surface area contributed by atoms with Gasteiger partial charge in [0.2, 0.25) is 0 Å². The third-order valence-electron chi connectivity index (χ3n) is 3.37. The monoisotopic (exact) mass is 344 g/mol. The van der Waals surface area contributed by atoms with Gasteiger partial charge in [-0.2, -0.15) is 8.78 Å². The van der Waals surface area contributed by atoms with Gasteiger partial charge >= 0.3 is 12.6 Å². The van der Waals surface area contributed by atoms with Gasteiger partial charge in [-0.1, -0.05) is 6.07 Å². The second kappa shape index (κ2) is 7.52. The number of halogens is 2. The highest BCUT2D eigenvalue weighted by Gasteiger charge is 2.13. The lowest BCUT2D eigenvalue weighted by Crippen LogP contribution is -2.28. The number of alkyl halides is 2. The molecule has 0 aliphatic rings. The molecule has 0 aliphatic carbocycles. The number of urea groups is 1. The molecule has 128 valence electrons. The Morgan fingerprint density at radius 1 is 1.16 bits per heavy atom. The molecule has 3 rings (SSSR count). The molecule has 6 nitrogen and oxygen atoms in total. The molecule has 0 radical (unpaired) electrons. The van der Waals surface area contributed by atoms with Crippen molar-refractivity contribution in [1.29, 1.82) is 0 Å². The minimum atomic E-state index is -2.95. The lowest BCUT2D eigenvalue weighted by atomic mass is 10.1. The first-order valence-corrected chi connectivity index (χ1v) is 7.40. The van der Waals surface area contributed by atoms with Gasteiger partial charge < -0.3 is 15.4 Å². The van der Waals surface area contributed by atoms with Gasteiger partial charge in [-0.25, -0.2) is 4.79 Å². The van der Waals surface area contributed by atoms with Crippen LogP contribution in [0.2, 0.25) is 0 Å². The zero-order valence-electron chi connectivity index (χ0n) is 12.9. The summed E-state index contributed by atoms with van der Waals surface area (Å²) in [6.45, 7) is -2.64. The average Bonchev–Trinajstić information content (AvgIpc) is 2.62. The van der Waals surface area contributed by atoms with Crippen molar-refractivity contribution in [2.75, 3.05) is 5.32 Å². The number of pyridine rings is 2. The van der Waals surface area contributed by atoms with Crippen LogP contribution in [0.15, 0.2) is 55.0 Å². The van der Waals surface area contributed by atoms with Crippen LogP contribution >= 0.6 is 0 Å². The molecule has 3 aromatic rings. The van der Waals surface area contributed by atoms with E-state index in [9.17, 15) is 13.6 Å². The van der Waals surface area contributed by atoms with Crippen LogP contribution < -0.4 is 15.4 Å². The Bertz CT molecular complexity index is 875. The van der Waals surface area contributed by atoms with Crippen molar-refractivity contribution in [1.82, 2.24) is 15.3 Å². The number of aromatic nitrogens is 2. The minimum Gasteiger partial charge on any atom is -0.432 e. The van der Waals surface area contributed by atoms with E-state index >= 15 is 0 Å². The highest BCUT2D eigenvalue weighted by atomic mass is 19.3. The van der Waals surface area contributed by atoms with Crippen molar-refractivity contribution < 1.29 is 18.3 Å². The van der Waals surface area contributed by atoms with Gasteiger partial charge in [0.15, 0.2) is 5.75 Å². The van der Waals surface area contributed by atoms with Crippen molar-refractivity contribution in [3.63, 3.8) is 0 Å². The van der Waals surface area contributed by atoms with E-state index in [4.69, 9.17) is 0 Å². The second-order valence-corrected chi connectivity index (χ2v) is 5.06. The molecule has 0 spiro atoms. The van der Waals surface area contributed by atoms with Crippen LogP contribution in [0.5, 0.6) is 5.75 Å². The Labute approximate surface area is 141 Å². The first-order valence-electron chi connectivity index (χ1n) is 7.40. The Kier molecular flexibility index (Phi) is 4.98. The standard InChI is InChI=1S/C17H14F2N4O2/c18-16(19)25-14-6-5-13(12-4-2-8-21-15(12)14)23-17(24)22-10-11-3-1-7-20-9-11/h1-9,16H,10H2,(H2,22,23,24). The second-order valence-electron chi connectivity index (χ2n) is 5.06. The van der Waals surface area contributed by atoms with Crippen molar-refractivity contribution in [3.05, 3.63) is 60.6 Å². The summed E-state index contributed by atoms with van der Waals surface area (Å²) in [6, 6.07) is 9.32. The Morgan fingerprint density at radius 3 is 2.76 bits per heavy atom. The number of amides is 2. The highest BCUT2D eigenvalue weighted by Crippen LogP contribution is 2.30. The maximum Gasteiger partial charge on any atom is 0.387 e. The van der Waals surface area contributed by atoms with Crippen molar-refractivity contribution in [2.24, 2.45) is 0 Å². The molecule has 2 amide bonds. The molecule has 0 unspecified atom stereocenters. The predicted molar refractivity (Wildman–Crippen MR) is 88.5 cm³/mol. The molecular weight excluding hydrogens is 330 g/mol. The Balaban J connectivity index is 1.76. The van der Waals surface area contributed by atoms with Gasteiger partial charge in [0.1, 0.15) is 5.52 Å². The largest absolute Gasteiger partial charge is 0.432 e. The Hall–Kier alpha value is -3.29. The fourth-order valence-corrected chi connectivity index (χ4v) is 2.30. The summed E-state index contributed by atoms with van der Waals surface area (Å²) in [5.41, 5.74) is 1.53. The topological polar surface area (TPSA) is 76.1 Å². The number of benzene rings is 1. The van der Waals surface area contributed by atoms with Crippen LogP contribution in [-0.2, 0) is 6.54 Å². The summed E-state index contributed by atoms with van der Waals surface area (Å²) < 4.78 is 29.4. The van der Waals surface area contributed by atoms with Gasteiger partial charge in [0.25, 0.3) is 0 Å². The molecule has 2 N–H and O–H groups in total. The fraction of sp³-hybridized carbons (Fsp3) is 0.118. The van der Waals surface area contributed by atoms with E-state index in [1.54, 1.807) is 30.6 Å². The van der Waals surface area contributed by atoms with Gasteiger partial charge in [-0.15, -0.1) is 0 Å². The number of nitrogens with zero attached hydrogens (tertiary/aromatic N) is 2. The van der Waals surface area contributed by atoms with Crippen LogP contribution in [0, 0.1) is 0 Å². The van der Waals surface area contributed by atoms with Crippen LogP contribution in [0.3, 0.4) is 0 Å². The lowest BCUT2D eigenvalue weighted by molar-refractivity contribution is -0.0489. The number of hydrogen-bond donors (Lipinski definition) is 2. The molecule has 1 aromatic carbocycles. The van der Waals surface area contributed by atoms with E-state index in [1.165, 1.54) is 18.3 Å². The maximum absolute atomic E-state index is 12.5. The lowest BCUT2D eigenvalue weighted by Gasteiger charge is -2.12. The first kappa shape index (κ1) is 16.6. The minimum absolute atomic E-state index is 0.0491. The van der Waals surface area contributed by atoms with Crippen LogP contribution in [0.25, 0.3) is 10.9 Å². The summed E-state index contributed by atoms with van der Waals surface area (Å²) in [5, 5.41) is 5.88. The van der Waals surface area contributed by atoms with Gasteiger partial charge in [-0.05, 0) is 35.9 Å². The number of anilines is 1. The molecule has 8 heteroatoms. The predicted octanol–water partition coefficient (Wildman–Crippen LogP) is 3.55. The molecule has 0 aliphatic heterocycles. The average molecular weight is 344 g/mol. The summed E-state index contributed by atoms with van der Waals surface area (Å²) in [7, 11) is 0. The number of rotatable bonds is 5. The summed E-state index contributed by atoms with van der Waals surface area (Å²) in [4.78, 5) is 20.1. The van der Waals surface area contributed by atoms with E-state index in [1.807, 2.05) is 6.07 Å². The number of ether oxygens (including phenoxy) is 1. The molecule has 0 saturated heterocycles. The van der Waals surface area contributed by atoms with Gasteiger partial charge in [0.05, 0.1) is 5.69 Å². The van der Waals surface area contributed by atoms with Crippen molar-refractivity contribution in [2.45, 2.75) is 13.2 Å². The zero-order chi connectivity index (χ0) is 17.6. The van der Waals surface area contributed by atoms with E-state index in [-0.39, 0.29) is 11.3 Å². The first-order chi connectivity index (χ1) is 12.1. The molecule has 0 fully saturated rings. The number of carbonyl (C=O) groups is 1. The third kappa shape index (κ3) is 4.17. The van der Waals surface area contributed by atoms with Crippen molar-refractivity contribution in [3.8, 4) is 5.75 Å². The molecular formula is C17H14F2N4O2. The Morgan fingerprint density at radius 2 is 2.00 bits per heavy atom. The van der Waals surface area contributed by atoms with E-state index in [2.05, 4.69) is 25.3 Å². The van der Waals surface area contributed by atoms with E-state index in [0.717, 1.165) is 5.56 Å². The third-order valence-corrected chi connectivity index (χ3v) is 3.37. The highest BCUT2D eigenvalue weighted by molar-refractivity contribution is 6.02. The molecule has 0 saturated carbocycles. The molecule has 0 bridgehead atoms. The molecule has 0 atom stereocenters. The van der Waals surface area contributed by atoms with E-state index < -0.39 is 12.6 Å². The SMILES string of the molecule is O=C(NCc1cccnc1)Nc1ccc(OC(F)F)c2ncccc12. The molecule has 2 aromatic heterocycles. The molecule has 2 heterocycles. The summed E-state index contributed by atoms with van der Waals surface area (Å²) in [6.07, 6.45) is 4.76. The number of carbonyl (C=O) groups excluding carboxylic acids is 1. The van der Waals surface area contributed by atoms with Crippen LogP contribution in [0.1, 0.15) is 5.56 Å². The van der Waals surface area contributed by atoms with Gasteiger partial charge in [0, 0.05) is 30.5 Å². The summed E-state index contributed by atoms with van der Waals surface area (Å²) in [5.74, 6) is -0.0491. The number of fused-ring (bicyclic) bond motifs is 1. The van der Waals surface area contributed by atoms with Crippen molar-refractivity contribution >= 4 is 22.6 Å². The fourth-order valence-electron chi connectivity index (χ4n) is 2.30. The maximum atomic E-state index is 12.5. The van der Waals surface area contributed by atoms with Gasteiger partial charge in [-0.3, -0.25) is 9.97 Å². The summed E-state index contributed by atoms with van der Waals surface area (Å²) >= 11 is 0.